The number of halogens is 1. The Morgan fingerprint density at radius 3 is 2.73 bits per heavy atom. The zero-order valence-electron chi connectivity index (χ0n) is 22.3. The second-order valence-corrected chi connectivity index (χ2v) is 9.38. The van der Waals surface area contributed by atoms with Crippen LogP contribution in [0.1, 0.15) is 25.3 Å². The number of allylic oxidation sites excluding steroid dienone is 5. The van der Waals surface area contributed by atoms with Gasteiger partial charge in [-0.2, -0.15) is 4.98 Å². The Kier molecular flexibility index (Phi) is 8.51. The van der Waals surface area contributed by atoms with E-state index >= 15 is 0 Å². The lowest BCUT2D eigenvalue weighted by Crippen LogP contribution is -2.36. The largest absolute Gasteiger partial charge is 0.508 e. The number of anilines is 1. The van der Waals surface area contributed by atoms with Gasteiger partial charge < -0.3 is 30.5 Å². The van der Waals surface area contributed by atoms with Crippen molar-refractivity contribution in [1.82, 2.24) is 34.9 Å². The molecule has 0 radical (unpaired) electrons. The fraction of sp³-hybridized carbons (Fsp3) is 0.222. The molecule has 3 aromatic rings. The first-order valence-corrected chi connectivity index (χ1v) is 12.5. The molecule has 0 aliphatic carbocycles. The van der Waals surface area contributed by atoms with Crippen LogP contribution in [-0.2, 0) is 0 Å². The number of phenolic OH excluding ortho intramolecular Hbond substituents is 2. The Bertz CT molecular complexity index is 1620. The summed E-state index contributed by atoms with van der Waals surface area (Å²) in [5, 5.41) is 44.0. The molecule has 0 atom stereocenters. The number of nitrogens with one attached hydrogen (secondary N) is 3. The van der Waals surface area contributed by atoms with E-state index < -0.39 is 29.4 Å². The average molecular weight is 565 g/mol. The van der Waals surface area contributed by atoms with Crippen molar-refractivity contribution in [3.05, 3.63) is 82.9 Å². The summed E-state index contributed by atoms with van der Waals surface area (Å²) in [6.45, 7) is 8.76. The van der Waals surface area contributed by atoms with Crippen molar-refractivity contribution in [3.8, 4) is 28.9 Å². The Hall–Kier alpha value is -5.40. The van der Waals surface area contributed by atoms with E-state index in [0.717, 1.165) is 6.20 Å². The normalized spacial score (nSPS) is 16.3. The quantitative estimate of drug-likeness (QED) is 0.251. The Morgan fingerprint density at radius 2 is 1.98 bits per heavy atom. The standard InChI is InChI=1S/C27H29FN8O5/c1-15(2)18-12-19(22(38)13-21(18)37)24-33-34-27(41)36(24)17-5-4-8-35(9-6-16(3)11-17)10-7-29-25(39)31-23-20(28)14-30-26(40)32-23/h4-6,9,11-15,37-38H,3,7-8,10H2,1-2H3,(H,34,41)(H3,29,30,31,32,39,40)/b5-4-,9-6-,17-11+. The van der Waals surface area contributed by atoms with Gasteiger partial charge in [0.15, 0.2) is 17.5 Å². The van der Waals surface area contributed by atoms with E-state index in [9.17, 15) is 29.3 Å². The molecule has 3 heterocycles. The summed E-state index contributed by atoms with van der Waals surface area (Å²) in [6.07, 6.45) is 9.54. The summed E-state index contributed by atoms with van der Waals surface area (Å²) < 4.78 is 15.1. The van der Waals surface area contributed by atoms with Gasteiger partial charge in [0.1, 0.15) is 11.5 Å². The molecule has 0 bridgehead atoms. The predicted octanol–water partition coefficient (Wildman–Crippen LogP) is 3.01. The molecule has 6 N–H and O–H groups in total. The van der Waals surface area contributed by atoms with Crippen LogP contribution in [0.15, 0.2) is 65.8 Å². The van der Waals surface area contributed by atoms with Crippen molar-refractivity contribution in [2.24, 2.45) is 0 Å². The molecule has 2 aromatic heterocycles. The monoisotopic (exact) mass is 564 g/mol. The topological polar surface area (TPSA) is 182 Å². The van der Waals surface area contributed by atoms with Gasteiger partial charge in [-0.05, 0) is 47.5 Å². The van der Waals surface area contributed by atoms with Crippen molar-refractivity contribution in [1.29, 1.82) is 0 Å². The van der Waals surface area contributed by atoms with E-state index in [0.29, 0.717) is 29.9 Å². The molecule has 0 unspecified atom stereocenters. The van der Waals surface area contributed by atoms with Crippen molar-refractivity contribution in [2.75, 3.05) is 25.0 Å². The fourth-order valence-corrected chi connectivity index (χ4v) is 4.02. The van der Waals surface area contributed by atoms with Gasteiger partial charge in [0, 0.05) is 31.9 Å². The molecule has 214 valence electrons. The van der Waals surface area contributed by atoms with Crippen LogP contribution in [0, 0.1) is 5.82 Å². The summed E-state index contributed by atoms with van der Waals surface area (Å²) in [4.78, 5) is 30.7. The van der Waals surface area contributed by atoms with Crippen LogP contribution in [0.25, 0.3) is 17.1 Å². The van der Waals surface area contributed by atoms with Crippen LogP contribution in [-0.4, -0.2) is 70.6 Å². The number of aromatic amines is 1. The van der Waals surface area contributed by atoms with Gasteiger partial charge in [-0.3, -0.25) is 5.32 Å². The molecule has 0 fully saturated rings. The number of phenols is 2. The maximum absolute atomic E-state index is 13.7. The van der Waals surface area contributed by atoms with Crippen LogP contribution < -0.4 is 16.3 Å². The molecule has 13 nitrogen and oxygen atoms in total. The first kappa shape index (κ1) is 28.6. The number of nitrogens with zero attached hydrogens (tertiary/aromatic N) is 5. The highest BCUT2D eigenvalue weighted by Gasteiger charge is 2.21. The summed E-state index contributed by atoms with van der Waals surface area (Å²) in [6, 6.07) is 1.69. The molecule has 41 heavy (non-hydrogen) atoms. The third-order valence-electron chi connectivity index (χ3n) is 6.05. The van der Waals surface area contributed by atoms with E-state index in [-0.39, 0.29) is 35.3 Å². The third kappa shape index (κ3) is 6.79. The number of H-pyrrole nitrogens is 1. The molecule has 2 amide bonds. The van der Waals surface area contributed by atoms with Crippen LogP contribution >= 0.6 is 0 Å². The van der Waals surface area contributed by atoms with Crippen LogP contribution in [0.2, 0.25) is 0 Å². The van der Waals surface area contributed by atoms with E-state index in [1.807, 2.05) is 24.8 Å². The maximum Gasteiger partial charge on any atom is 0.347 e. The minimum Gasteiger partial charge on any atom is -0.508 e. The van der Waals surface area contributed by atoms with Crippen molar-refractivity contribution >= 4 is 17.5 Å². The lowest BCUT2D eigenvalue weighted by molar-refractivity contribution is 0.250. The maximum atomic E-state index is 13.7. The summed E-state index contributed by atoms with van der Waals surface area (Å²) in [5.41, 5.74) is 1.10. The summed E-state index contributed by atoms with van der Waals surface area (Å²) >= 11 is 0. The molecular formula is C27H29FN8O5. The first-order valence-electron chi connectivity index (χ1n) is 12.5. The smallest absolute Gasteiger partial charge is 0.347 e. The summed E-state index contributed by atoms with van der Waals surface area (Å²) in [7, 11) is 0. The van der Waals surface area contributed by atoms with Crippen molar-refractivity contribution in [3.63, 3.8) is 0 Å². The molecule has 14 heteroatoms. The Labute approximate surface area is 233 Å². The van der Waals surface area contributed by atoms with Crippen molar-refractivity contribution in [2.45, 2.75) is 19.8 Å². The number of amides is 2. The highest BCUT2D eigenvalue weighted by atomic mass is 19.1. The zero-order chi connectivity index (χ0) is 29.7. The molecule has 0 saturated carbocycles. The second-order valence-electron chi connectivity index (χ2n) is 9.38. The molecule has 0 saturated heterocycles. The Morgan fingerprint density at radius 1 is 1.20 bits per heavy atom. The lowest BCUT2D eigenvalue weighted by atomic mass is 9.98. The van der Waals surface area contributed by atoms with Gasteiger partial charge in [0.2, 0.25) is 0 Å². The Balaban J connectivity index is 1.48. The minimum absolute atomic E-state index is 0.0414. The van der Waals surface area contributed by atoms with Crippen LogP contribution in [0.5, 0.6) is 17.5 Å². The number of rotatable bonds is 7. The lowest BCUT2D eigenvalue weighted by Gasteiger charge is -2.18. The van der Waals surface area contributed by atoms with E-state index in [1.165, 1.54) is 10.6 Å². The van der Waals surface area contributed by atoms with Gasteiger partial charge in [-0.15, -0.1) is 5.10 Å². The van der Waals surface area contributed by atoms with Gasteiger partial charge in [-0.1, -0.05) is 31.6 Å². The minimum atomic E-state index is -0.877. The highest BCUT2D eigenvalue weighted by Crippen LogP contribution is 2.39. The predicted molar refractivity (Wildman–Crippen MR) is 150 cm³/mol. The number of aromatic hydroxyl groups is 3. The number of carbonyl (C=O) groups is 1. The highest BCUT2D eigenvalue weighted by molar-refractivity contribution is 5.88. The average Bonchev–Trinajstić information content (AvgIpc) is 3.31. The fourth-order valence-electron chi connectivity index (χ4n) is 4.02. The number of benzene rings is 1. The van der Waals surface area contributed by atoms with E-state index in [2.05, 4.69) is 37.4 Å². The molecular weight excluding hydrogens is 535 g/mol. The second kappa shape index (κ2) is 12.2. The number of hydrogen-bond acceptors (Lipinski definition) is 9. The van der Waals surface area contributed by atoms with Gasteiger partial charge in [0.25, 0.3) is 0 Å². The molecule has 1 aromatic carbocycles. The molecule has 1 aliphatic rings. The molecule has 4 rings (SSSR count). The van der Waals surface area contributed by atoms with Gasteiger partial charge in [-0.25, -0.2) is 18.5 Å². The van der Waals surface area contributed by atoms with Crippen LogP contribution in [0.3, 0.4) is 0 Å². The molecule has 0 spiro atoms. The third-order valence-corrected chi connectivity index (χ3v) is 6.05. The van der Waals surface area contributed by atoms with E-state index in [1.54, 1.807) is 30.5 Å². The van der Waals surface area contributed by atoms with Gasteiger partial charge >= 0.3 is 17.7 Å². The number of carbonyl (C=O) groups excluding carboxylic acids is 1. The first-order chi connectivity index (χ1) is 19.5. The van der Waals surface area contributed by atoms with Crippen LogP contribution in [0.4, 0.5) is 15.0 Å². The number of urea groups is 1. The number of aromatic nitrogens is 5. The zero-order valence-corrected chi connectivity index (χ0v) is 22.3. The number of hydrogen-bond donors (Lipinski definition) is 6. The SMILES string of the molecule is C=C1/C=C\N(CCNC(=O)Nc2nc(=O)[nH]cc2F)C/C=C\C(n2c(O)nnc2-c2cc(C(C)C)c(O)cc2O)=C/1. The van der Waals surface area contributed by atoms with Crippen molar-refractivity contribution < 1.29 is 24.5 Å². The van der Waals surface area contributed by atoms with E-state index in [4.69, 9.17) is 0 Å². The summed E-state index contributed by atoms with van der Waals surface area (Å²) in [5.74, 6) is -1.52. The van der Waals surface area contributed by atoms with Gasteiger partial charge in [0.05, 0.1) is 11.3 Å². The molecule has 1 aliphatic heterocycles.